The van der Waals surface area contributed by atoms with Crippen LogP contribution < -0.4 is 9.47 Å². The number of esters is 1. The standard InChI is InChI=1S/C21H31NO4.C7H7NO2/c1-13(2)8-16-12-22-7-6-15-9-20(24-4)21(25-5)10-17(15)18(22)11-19(16)26-14(3)23;1-6-2-4-7(5-3-6)8(9)10/h9-10,13,16,18-19H,6-8,11-12H2,1-5H3;2-5H,1H3. The molecule has 1 fully saturated rings. The number of fused-ring (bicyclic) bond motifs is 3. The fraction of sp³-hybridized carbons (Fsp3) is 0.536. The van der Waals surface area contributed by atoms with E-state index in [1.807, 2.05) is 6.92 Å². The Bertz CT molecular complexity index is 1050. The number of rotatable bonds is 6. The predicted octanol–water partition coefficient (Wildman–Crippen LogP) is 5.50. The van der Waals surface area contributed by atoms with E-state index < -0.39 is 4.92 Å². The number of nitro benzene ring substituents is 1. The molecule has 0 radical (unpaired) electrons. The zero-order valence-electron chi connectivity index (χ0n) is 22.2. The molecule has 4 rings (SSSR count). The fourth-order valence-electron chi connectivity index (χ4n) is 5.26. The van der Waals surface area contributed by atoms with Crippen LogP contribution in [0.25, 0.3) is 0 Å². The Kier molecular flexibility index (Phi) is 9.31. The van der Waals surface area contributed by atoms with Gasteiger partial charge in [0, 0.05) is 50.5 Å². The van der Waals surface area contributed by atoms with Gasteiger partial charge in [0.05, 0.1) is 19.1 Å². The van der Waals surface area contributed by atoms with Gasteiger partial charge in [0.25, 0.3) is 5.69 Å². The normalized spacial score (nSPS) is 20.9. The van der Waals surface area contributed by atoms with E-state index in [2.05, 4.69) is 30.9 Å². The maximum Gasteiger partial charge on any atom is 0.302 e. The monoisotopic (exact) mass is 498 g/mol. The predicted molar refractivity (Wildman–Crippen MR) is 139 cm³/mol. The Labute approximate surface area is 213 Å². The van der Waals surface area contributed by atoms with Crippen LogP contribution in [0.3, 0.4) is 0 Å². The number of hydrogen-bond acceptors (Lipinski definition) is 7. The van der Waals surface area contributed by atoms with Crippen molar-refractivity contribution in [3.63, 3.8) is 0 Å². The summed E-state index contributed by atoms with van der Waals surface area (Å²) < 4.78 is 16.7. The number of benzene rings is 2. The number of non-ortho nitro benzene ring substituents is 1. The van der Waals surface area contributed by atoms with Gasteiger partial charge in [-0.1, -0.05) is 31.5 Å². The van der Waals surface area contributed by atoms with E-state index in [4.69, 9.17) is 14.2 Å². The van der Waals surface area contributed by atoms with Crippen molar-refractivity contribution in [1.82, 2.24) is 4.90 Å². The van der Waals surface area contributed by atoms with E-state index in [-0.39, 0.29) is 23.8 Å². The van der Waals surface area contributed by atoms with Gasteiger partial charge in [-0.2, -0.15) is 0 Å². The van der Waals surface area contributed by atoms with Crippen molar-refractivity contribution in [2.24, 2.45) is 11.8 Å². The number of nitrogens with zero attached hydrogens (tertiary/aromatic N) is 2. The van der Waals surface area contributed by atoms with E-state index in [0.717, 1.165) is 49.4 Å². The molecule has 0 amide bonds. The van der Waals surface area contributed by atoms with Crippen LogP contribution in [0.4, 0.5) is 5.69 Å². The Morgan fingerprint density at radius 2 is 1.78 bits per heavy atom. The van der Waals surface area contributed by atoms with Crippen molar-refractivity contribution in [3.05, 3.63) is 63.2 Å². The summed E-state index contributed by atoms with van der Waals surface area (Å²) in [5.41, 5.74) is 3.78. The molecule has 0 N–H and O–H groups in total. The summed E-state index contributed by atoms with van der Waals surface area (Å²) in [7, 11) is 3.35. The quantitative estimate of drug-likeness (QED) is 0.295. The number of carbonyl (C=O) groups is 1. The lowest BCUT2D eigenvalue weighted by molar-refractivity contribution is -0.384. The van der Waals surface area contributed by atoms with Gasteiger partial charge in [0.15, 0.2) is 11.5 Å². The highest BCUT2D eigenvalue weighted by molar-refractivity contribution is 5.66. The maximum absolute atomic E-state index is 11.7. The second-order valence-corrected chi connectivity index (χ2v) is 10.0. The van der Waals surface area contributed by atoms with Gasteiger partial charge in [-0.15, -0.1) is 0 Å². The lowest BCUT2D eigenvalue weighted by atomic mass is 9.79. The number of nitro groups is 1. The van der Waals surface area contributed by atoms with Crippen LogP contribution in [-0.2, 0) is 16.0 Å². The lowest BCUT2D eigenvalue weighted by Gasteiger charge is -2.47. The van der Waals surface area contributed by atoms with Crippen molar-refractivity contribution in [2.45, 2.75) is 59.1 Å². The minimum absolute atomic E-state index is 0.0183. The molecule has 2 aliphatic heterocycles. The minimum atomic E-state index is -0.403. The summed E-state index contributed by atoms with van der Waals surface area (Å²) in [5, 5.41) is 10.1. The Hall–Kier alpha value is -3.13. The summed E-state index contributed by atoms with van der Waals surface area (Å²) in [6.07, 6.45) is 2.92. The zero-order valence-corrected chi connectivity index (χ0v) is 22.2. The third kappa shape index (κ3) is 6.75. The second kappa shape index (κ2) is 12.2. The first-order valence-electron chi connectivity index (χ1n) is 12.5. The van der Waals surface area contributed by atoms with E-state index in [1.54, 1.807) is 26.4 Å². The average molecular weight is 499 g/mol. The summed E-state index contributed by atoms with van der Waals surface area (Å²) in [6.45, 7) is 9.90. The van der Waals surface area contributed by atoms with Gasteiger partial charge < -0.3 is 14.2 Å². The maximum atomic E-state index is 11.7. The smallest absolute Gasteiger partial charge is 0.302 e. The molecular formula is C28H38N2O6. The molecule has 2 aromatic carbocycles. The molecule has 3 atom stereocenters. The van der Waals surface area contributed by atoms with Crippen LogP contribution >= 0.6 is 0 Å². The summed E-state index contributed by atoms with van der Waals surface area (Å²) >= 11 is 0. The Balaban J connectivity index is 0.000000303. The molecular weight excluding hydrogens is 460 g/mol. The lowest BCUT2D eigenvalue weighted by Crippen LogP contribution is -2.49. The van der Waals surface area contributed by atoms with Gasteiger partial charge in [-0.05, 0) is 48.9 Å². The van der Waals surface area contributed by atoms with Crippen LogP contribution in [0, 0.1) is 28.9 Å². The van der Waals surface area contributed by atoms with E-state index in [0.29, 0.717) is 11.8 Å². The van der Waals surface area contributed by atoms with Crippen LogP contribution in [-0.4, -0.2) is 49.2 Å². The van der Waals surface area contributed by atoms with Crippen molar-refractivity contribution in [2.75, 3.05) is 27.3 Å². The molecule has 2 aromatic rings. The molecule has 1 saturated heterocycles. The number of hydrogen-bond donors (Lipinski definition) is 0. The average Bonchev–Trinajstić information content (AvgIpc) is 2.83. The largest absolute Gasteiger partial charge is 0.493 e. The fourth-order valence-corrected chi connectivity index (χ4v) is 5.26. The summed E-state index contributed by atoms with van der Waals surface area (Å²) in [5.74, 6) is 2.36. The molecule has 196 valence electrons. The second-order valence-electron chi connectivity index (χ2n) is 10.0. The van der Waals surface area contributed by atoms with E-state index in [1.165, 1.54) is 30.2 Å². The van der Waals surface area contributed by atoms with Gasteiger partial charge in [0.2, 0.25) is 0 Å². The van der Waals surface area contributed by atoms with Crippen molar-refractivity contribution < 1.29 is 23.9 Å². The number of methoxy groups -OCH3 is 2. The van der Waals surface area contributed by atoms with E-state index >= 15 is 0 Å². The third-order valence-corrected chi connectivity index (χ3v) is 6.90. The number of aryl methyl sites for hydroxylation is 1. The van der Waals surface area contributed by atoms with Crippen LogP contribution in [0.15, 0.2) is 36.4 Å². The molecule has 0 aromatic heterocycles. The highest BCUT2D eigenvalue weighted by atomic mass is 16.6. The van der Waals surface area contributed by atoms with Crippen molar-refractivity contribution in [1.29, 1.82) is 0 Å². The molecule has 0 bridgehead atoms. The number of carbonyl (C=O) groups excluding carboxylic acids is 1. The molecule has 2 aliphatic rings. The first-order valence-corrected chi connectivity index (χ1v) is 12.5. The molecule has 0 saturated carbocycles. The van der Waals surface area contributed by atoms with Gasteiger partial charge >= 0.3 is 5.97 Å². The number of piperidine rings is 1. The molecule has 0 aliphatic carbocycles. The van der Waals surface area contributed by atoms with E-state index in [9.17, 15) is 14.9 Å². The summed E-state index contributed by atoms with van der Waals surface area (Å²) in [6, 6.07) is 10.9. The van der Waals surface area contributed by atoms with Crippen LogP contribution in [0.5, 0.6) is 11.5 Å². The molecule has 8 nitrogen and oxygen atoms in total. The molecule has 0 spiro atoms. The van der Waals surface area contributed by atoms with Crippen LogP contribution in [0.2, 0.25) is 0 Å². The molecule has 3 unspecified atom stereocenters. The number of ether oxygens (including phenoxy) is 3. The SMILES string of the molecule is COc1cc2c(cc1OC)C1CC(OC(C)=O)C(CC(C)C)CN1CC2.Cc1ccc([N+](=O)[O-])cc1. The highest BCUT2D eigenvalue weighted by Gasteiger charge is 2.40. The molecule has 8 heteroatoms. The topological polar surface area (TPSA) is 91.1 Å². The molecule has 36 heavy (non-hydrogen) atoms. The van der Waals surface area contributed by atoms with Crippen molar-refractivity contribution in [3.8, 4) is 11.5 Å². The first-order chi connectivity index (χ1) is 17.1. The Morgan fingerprint density at radius 3 is 2.33 bits per heavy atom. The van der Waals surface area contributed by atoms with Crippen LogP contribution in [0.1, 0.15) is 56.3 Å². The molecule has 2 heterocycles. The first kappa shape index (κ1) is 27.5. The van der Waals surface area contributed by atoms with Gasteiger partial charge in [-0.25, -0.2) is 0 Å². The highest BCUT2D eigenvalue weighted by Crippen LogP contribution is 2.44. The van der Waals surface area contributed by atoms with Crippen molar-refractivity contribution >= 4 is 11.7 Å². The minimum Gasteiger partial charge on any atom is -0.493 e. The van der Waals surface area contributed by atoms with Gasteiger partial charge in [0.1, 0.15) is 6.10 Å². The van der Waals surface area contributed by atoms with Gasteiger partial charge in [-0.3, -0.25) is 19.8 Å². The zero-order chi connectivity index (χ0) is 26.4. The summed E-state index contributed by atoms with van der Waals surface area (Å²) in [4.78, 5) is 23.9. The third-order valence-electron chi connectivity index (χ3n) is 6.90. The Morgan fingerprint density at radius 1 is 1.14 bits per heavy atom.